The van der Waals surface area contributed by atoms with Gasteiger partial charge in [0, 0.05) is 25.6 Å². The van der Waals surface area contributed by atoms with E-state index in [1.165, 1.54) is 11.3 Å². The van der Waals surface area contributed by atoms with Crippen LogP contribution in [0, 0.1) is 0 Å². The van der Waals surface area contributed by atoms with Crippen molar-refractivity contribution in [2.75, 3.05) is 13.1 Å². The van der Waals surface area contributed by atoms with Gasteiger partial charge in [0.15, 0.2) is 0 Å². The Morgan fingerprint density at radius 3 is 2.60 bits per heavy atom. The van der Waals surface area contributed by atoms with Crippen molar-refractivity contribution in [3.05, 3.63) is 47.6 Å². The zero-order chi connectivity index (χ0) is 17.4. The van der Waals surface area contributed by atoms with E-state index >= 15 is 0 Å². The van der Waals surface area contributed by atoms with E-state index in [0.717, 1.165) is 36.1 Å². The van der Waals surface area contributed by atoms with E-state index in [2.05, 4.69) is 17.6 Å². The summed E-state index contributed by atoms with van der Waals surface area (Å²) in [5.41, 5.74) is 2.17. The number of nitrogens with zero attached hydrogens (tertiary/aromatic N) is 3. The molecule has 0 amide bonds. The van der Waals surface area contributed by atoms with Crippen LogP contribution >= 0.6 is 11.3 Å². The Kier molecular flexibility index (Phi) is 4.39. The van der Waals surface area contributed by atoms with Crippen molar-refractivity contribution in [3.8, 4) is 0 Å². The summed E-state index contributed by atoms with van der Waals surface area (Å²) in [6.07, 6.45) is 2.51. The number of benzene rings is 1. The quantitative estimate of drug-likeness (QED) is 0.699. The summed E-state index contributed by atoms with van der Waals surface area (Å²) in [4.78, 5) is 4.75. The van der Waals surface area contributed by atoms with Crippen LogP contribution in [0.3, 0.4) is 0 Å². The highest BCUT2D eigenvalue weighted by Crippen LogP contribution is 2.32. The van der Waals surface area contributed by atoms with Gasteiger partial charge in [-0.3, -0.25) is 0 Å². The van der Waals surface area contributed by atoms with Crippen LogP contribution in [-0.4, -0.2) is 35.4 Å². The van der Waals surface area contributed by atoms with Gasteiger partial charge in [-0.2, -0.15) is 4.31 Å². The second-order valence-corrected chi connectivity index (χ2v) is 9.42. The number of hydrogen-bond acceptors (Lipinski definition) is 4. The lowest BCUT2D eigenvalue weighted by Gasteiger charge is -2.32. The molecule has 1 aliphatic heterocycles. The fourth-order valence-corrected chi connectivity index (χ4v) is 6.24. The molecule has 3 heterocycles. The Hall–Kier alpha value is -1.70. The monoisotopic (exact) mass is 375 g/mol. The summed E-state index contributed by atoms with van der Waals surface area (Å²) >= 11 is 1.29. The van der Waals surface area contributed by atoms with Crippen molar-refractivity contribution in [2.45, 2.75) is 36.4 Å². The average Bonchev–Trinajstić information content (AvgIpc) is 3.29. The lowest BCUT2D eigenvalue weighted by Crippen LogP contribution is -2.39. The molecule has 1 saturated heterocycles. The molecule has 0 unspecified atom stereocenters. The normalized spacial score (nSPS) is 17.3. The first kappa shape index (κ1) is 16.8. The van der Waals surface area contributed by atoms with E-state index in [9.17, 15) is 8.42 Å². The molecule has 3 aromatic rings. The first-order valence-electron chi connectivity index (χ1n) is 8.60. The van der Waals surface area contributed by atoms with Crippen molar-refractivity contribution in [1.82, 2.24) is 13.9 Å². The molecule has 0 bridgehead atoms. The number of hydrogen-bond donors (Lipinski definition) is 0. The highest BCUT2D eigenvalue weighted by molar-refractivity contribution is 7.91. The van der Waals surface area contributed by atoms with Crippen molar-refractivity contribution in [2.24, 2.45) is 0 Å². The molecule has 1 fully saturated rings. The summed E-state index contributed by atoms with van der Waals surface area (Å²) in [6, 6.07) is 12.0. The molecule has 0 N–H and O–H groups in total. The van der Waals surface area contributed by atoms with Crippen molar-refractivity contribution >= 4 is 32.4 Å². The zero-order valence-electron chi connectivity index (χ0n) is 14.1. The molecule has 4 rings (SSSR count). The van der Waals surface area contributed by atoms with Gasteiger partial charge in [-0.1, -0.05) is 25.1 Å². The summed E-state index contributed by atoms with van der Waals surface area (Å²) in [5.74, 6) is 1.08. The molecule has 0 aliphatic carbocycles. The maximum atomic E-state index is 12.7. The number of para-hydroxylation sites is 2. The smallest absolute Gasteiger partial charge is 0.252 e. The van der Waals surface area contributed by atoms with Crippen LogP contribution in [-0.2, 0) is 16.4 Å². The minimum absolute atomic E-state index is 0.303. The van der Waals surface area contributed by atoms with E-state index in [-0.39, 0.29) is 0 Å². The molecule has 2 aromatic heterocycles. The second kappa shape index (κ2) is 6.55. The van der Waals surface area contributed by atoms with E-state index in [1.807, 2.05) is 23.6 Å². The topological polar surface area (TPSA) is 55.2 Å². The van der Waals surface area contributed by atoms with Gasteiger partial charge in [0.25, 0.3) is 10.0 Å². The van der Waals surface area contributed by atoms with Gasteiger partial charge >= 0.3 is 0 Å². The van der Waals surface area contributed by atoms with Crippen LogP contribution in [0.4, 0.5) is 0 Å². The standard InChI is InChI=1S/C18H21N3O2S2/c1-2-17-19-15-6-3-4-7-16(15)21(17)14-9-11-20(12-10-14)25(22,23)18-8-5-13-24-18/h3-8,13-14H,2,9-12H2,1H3. The molecule has 132 valence electrons. The lowest BCUT2D eigenvalue weighted by atomic mass is 10.1. The first-order chi connectivity index (χ1) is 12.1. The van der Waals surface area contributed by atoms with Crippen molar-refractivity contribution < 1.29 is 8.42 Å². The number of fused-ring (bicyclic) bond motifs is 1. The van der Waals surface area contributed by atoms with Crippen LogP contribution in [0.25, 0.3) is 11.0 Å². The molecule has 1 aromatic carbocycles. The summed E-state index contributed by atoms with van der Waals surface area (Å²) in [7, 11) is -3.34. The number of aryl methyl sites for hydroxylation is 1. The van der Waals surface area contributed by atoms with Crippen LogP contribution in [0.2, 0.25) is 0 Å². The van der Waals surface area contributed by atoms with E-state index < -0.39 is 10.0 Å². The van der Waals surface area contributed by atoms with Gasteiger partial charge in [-0.25, -0.2) is 13.4 Å². The highest BCUT2D eigenvalue weighted by Gasteiger charge is 2.31. The van der Waals surface area contributed by atoms with Gasteiger partial charge in [-0.05, 0) is 36.4 Å². The zero-order valence-corrected chi connectivity index (χ0v) is 15.8. The fourth-order valence-electron chi connectivity index (χ4n) is 3.63. The minimum Gasteiger partial charge on any atom is -0.325 e. The van der Waals surface area contributed by atoms with Gasteiger partial charge in [0.05, 0.1) is 11.0 Å². The fraction of sp³-hybridized carbons (Fsp3) is 0.389. The van der Waals surface area contributed by atoms with E-state index in [4.69, 9.17) is 4.98 Å². The first-order valence-corrected chi connectivity index (χ1v) is 10.9. The van der Waals surface area contributed by atoms with Crippen LogP contribution in [0.1, 0.15) is 31.6 Å². The van der Waals surface area contributed by atoms with Crippen LogP contribution in [0.15, 0.2) is 46.0 Å². The third kappa shape index (κ3) is 2.90. The molecule has 1 aliphatic rings. The average molecular weight is 376 g/mol. The summed E-state index contributed by atoms with van der Waals surface area (Å²) in [6.45, 7) is 3.23. The molecule has 5 nitrogen and oxygen atoms in total. The Balaban J connectivity index is 1.59. The van der Waals surface area contributed by atoms with Gasteiger partial charge in [-0.15, -0.1) is 11.3 Å². The maximum absolute atomic E-state index is 12.7. The third-order valence-corrected chi connectivity index (χ3v) is 8.13. The highest BCUT2D eigenvalue weighted by atomic mass is 32.2. The Labute approximate surface area is 152 Å². The number of imidazole rings is 1. The largest absolute Gasteiger partial charge is 0.325 e. The van der Waals surface area contributed by atoms with Gasteiger partial charge < -0.3 is 4.57 Å². The predicted octanol–water partition coefficient (Wildman–Crippen LogP) is 3.69. The molecular formula is C18H21N3O2S2. The summed E-state index contributed by atoms with van der Waals surface area (Å²) < 4.78 is 29.8. The van der Waals surface area contributed by atoms with Crippen molar-refractivity contribution in [3.63, 3.8) is 0 Å². The number of piperidine rings is 1. The molecule has 0 spiro atoms. The van der Waals surface area contributed by atoms with Crippen LogP contribution in [0.5, 0.6) is 0 Å². The second-order valence-electron chi connectivity index (χ2n) is 6.31. The van der Waals surface area contributed by atoms with E-state index in [0.29, 0.717) is 23.3 Å². The molecule has 7 heteroatoms. The molecule has 0 saturated carbocycles. The third-order valence-electron chi connectivity index (χ3n) is 4.86. The Morgan fingerprint density at radius 1 is 1.16 bits per heavy atom. The SMILES string of the molecule is CCc1nc2ccccc2n1C1CCN(S(=O)(=O)c2cccs2)CC1. The van der Waals surface area contributed by atoms with Gasteiger partial charge in [0.1, 0.15) is 10.0 Å². The molecular weight excluding hydrogens is 354 g/mol. The molecule has 0 radical (unpaired) electrons. The maximum Gasteiger partial charge on any atom is 0.252 e. The van der Waals surface area contributed by atoms with E-state index in [1.54, 1.807) is 16.4 Å². The number of sulfonamides is 1. The van der Waals surface area contributed by atoms with Gasteiger partial charge in [0.2, 0.25) is 0 Å². The Morgan fingerprint density at radius 2 is 1.92 bits per heavy atom. The van der Waals surface area contributed by atoms with Crippen LogP contribution < -0.4 is 0 Å². The summed E-state index contributed by atoms with van der Waals surface area (Å²) in [5, 5.41) is 1.81. The minimum atomic E-state index is -3.34. The molecule has 25 heavy (non-hydrogen) atoms. The molecule has 0 atom stereocenters. The van der Waals surface area contributed by atoms with Crippen molar-refractivity contribution in [1.29, 1.82) is 0 Å². The Bertz CT molecular complexity index is 969. The number of aromatic nitrogens is 2. The predicted molar refractivity (Wildman–Crippen MR) is 100 cm³/mol. The lowest BCUT2D eigenvalue weighted by molar-refractivity contribution is 0.274. The number of thiophene rings is 1. The number of rotatable bonds is 4.